The van der Waals surface area contributed by atoms with Gasteiger partial charge in [-0.2, -0.15) is 0 Å². The number of amides is 1. The summed E-state index contributed by atoms with van der Waals surface area (Å²) >= 11 is 0. The molecule has 3 aromatic rings. The number of likely N-dealkylation sites (tertiary alicyclic amines) is 1. The number of ether oxygens (including phenoxy) is 2. The number of carbonyl (C=O) groups is 1. The molecule has 2 heterocycles. The van der Waals surface area contributed by atoms with E-state index in [9.17, 15) is 4.79 Å². The van der Waals surface area contributed by atoms with Gasteiger partial charge in [-0.3, -0.25) is 4.79 Å². The Labute approximate surface area is 233 Å². The Morgan fingerprint density at radius 1 is 1.08 bits per heavy atom. The van der Waals surface area contributed by atoms with Crippen molar-refractivity contribution >= 4 is 16.9 Å². The smallest absolute Gasteiger partial charge is 0.258 e. The summed E-state index contributed by atoms with van der Waals surface area (Å²) < 4.78 is 17.7. The fourth-order valence-electron chi connectivity index (χ4n) is 5.79. The molecule has 1 aliphatic carbocycles. The molecule has 6 heteroatoms. The van der Waals surface area contributed by atoms with Crippen LogP contribution in [0.25, 0.3) is 11.0 Å². The Bertz CT molecular complexity index is 1210. The summed E-state index contributed by atoms with van der Waals surface area (Å²) in [5.74, 6) is 2.66. The topological polar surface area (TPSA) is 63.9 Å². The highest BCUT2D eigenvalue weighted by atomic mass is 16.5. The van der Waals surface area contributed by atoms with Crippen molar-refractivity contribution in [1.82, 2.24) is 10.2 Å². The molecule has 1 atom stereocenters. The second kappa shape index (κ2) is 13.5. The number of rotatable bonds is 14. The third-order valence-electron chi connectivity index (χ3n) is 8.23. The molecule has 2 aliphatic rings. The van der Waals surface area contributed by atoms with Gasteiger partial charge in [0.15, 0.2) is 0 Å². The number of hydrogen-bond donors (Lipinski definition) is 1. The standard InChI is InChI=1S/C33H44N2O4/c1-3-4-12-31-32(28-11-5-6-13-30(28)39-31)33(36)35-19-16-26(17-20-35)38-21-8-18-34-29(25-14-15-25)23-24-9-7-10-27(22-24)37-2/h5-7,9-11,13,22,25-26,29,34H,3-4,8,12,14-21,23H2,1-2H3. The monoisotopic (exact) mass is 532 g/mol. The molecule has 2 fully saturated rings. The highest BCUT2D eigenvalue weighted by Crippen LogP contribution is 2.34. The van der Waals surface area contributed by atoms with E-state index in [1.165, 1.54) is 18.4 Å². The summed E-state index contributed by atoms with van der Waals surface area (Å²) in [5, 5.41) is 4.73. The zero-order valence-electron chi connectivity index (χ0n) is 23.6. The molecule has 1 saturated carbocycles. The first-order valence-corrected chi connectivity index (χ1v) is 14.9. The Morgan fingerprint density at radius 2 is 1.90 bits per heavy atom. The molecule has 1 N–H and O–H groups in total. The zero-order chi connectivity index (χ0) is 27.0. The van der Waals surface area contributed by atoms with Gasteiger partial charge in [0.2, 0.25) is 0 Å². The van der Waals surface area contributed by atoms with Gasteiger partial charge < -0.3 is 24.1 Å². The molecule has 1 amide bonds. The Morgan fingerprint density at radius 3 is 2.67 bits per heavy atom. The normalized spacial score (nSPS) is 17.0. The zero-order valence-corrected chi connectivity index (χ0v) is 23.6. The first kappa shape index (κ1) is 27.7. The number of furan rings is 1. The molecule has 39 heavy (non-hydrogen) atoms. The molecule has 1 aromatic heterocycles. The third-order valence-corrected chi connectivity index (χ3v) is 8.23. The minimum absolute atomic E-state index is 0.107. The summed E-state index contributed by atoms with van der Waals surface area (Å²) in [7, 11) is 1.73. The van der Waals surface area contributed by atoms with Gasteiger partial charge in [-0.1, -0.05) is 43.7 Å². The number of para-hydroxylation sites is 1. The molecule has 1 unspecified atom stereocenters. The maximum Gasteiger partial charge on any atom is 0.258 e. The largest absolute Gasteiger partial charge is 0.497 e. The van der Waals surface area contributed by atoms with Crippen LogP contribution in [0.3, 0.4) is 0 Å². The number of nitrogens with zero attached hydrogens (tertiary/aromatic N) is 1. The van der Waals surface area contributed by atoms with Gasteiger partial charge >= 0.3 is 0 Å². The van der Waals surface area contributed by atoms with Gasteiger partial charge in [-0.05, 0) is 81.2 Å². The second-order valence-electron chi connectivity index (χ2n) is 11.2. The summed E-state index contributed by atoms with van der Waals surface area (Å²) in [5.41, 5.74) is 2.91. The van der Waals surface area contributed by atoms with Crippen LogP contribution in [-0.2, 0) is 17.6 Å². The summed E-state index contributed by atoms with van der Waals surface area (Å²) in [6, 6.07) is 16.9. The summed E-state index contributed by atoms with van der Waals surface area (Å²) in [6.45, 7) is 5.36. The average molecular weight is 533 g/mol. The molecule has 0 bridgehead atoms. The summed E-state index contributed by atoms with van der Waals surface area (Å²) in [6.07, 6.45) is 9.60. The fourth-order valence-corrected chi connectivity index (χ4v) is 5.79. The number of methoxy groups -OCH3 is 1. The van der Waals surface area contributed by atoms with E-state index in [4.69, 9.17) is 13.9 Å². The van der Waals surface area contributed by atoms with Gasteiger partial charge in [0.25, 0.3) is 5.91 Å². The van der Waals surface area contributed by atoms with Gasteiger partial charge in [-0.25, -0.2) is 0 Å². The van der Waals surface area contributed by atoms with Crippen LogP contribution in [0.4, 0.5) is 0 Å². The van der Waals surface area contributed by atoms with Crippen molar-refractivity contribution in [3.05, 3.63) is 65.4 Å². The van der Waals surface area contributed by atoms with Crippen LogP contribution >= 0.6 is 0 Å². The van der Waals surface area contributed by atoms with Crippen molar-refractivity contribution in [2.45, 2.75) is 76.9 Å². The van der Waals surface area contributed by atoms with E-state index in [1.54, 1.807) is 7.11 Å². The number of nitrogens with one attached hydrogen (secondary N) is 1. The lowest BCUT2D eigenvalue weighted by atomic mass is 10.0. The third kappa shape index (κ3) is 7.23. The van der Waals surface area contributed by atoms with Crippen molar-refractivity contribution in [3.8, 4) is 5.75 Å². The molecular formula is C33H44N2O4. The predicted octanol–water partition coefficient (Wildman–Crippen LogP) is 6.41. The Kier molecular flexibility index (Phi) is 9.59. The number of carbonyl (C=O) groups excluding carboxylic acids is 1. The number of benzene rings is 2. The minimum atomic E-state index is 0.107. The van der Waals surface area contributed by atoms with Gasteiger partial charge in [-0.15, -0.1) is 0 Å². The van der Waals surface area contributed by atoms with E-state index in [2.05, 4.69) is 30.4 Å². The maximum atomic E-state index is 13.6. The first-order valence-electron chi connectivity index (χ1n) is 14.9. The lowest BCUT2D eigenvalue weighted by Gasteiger charge is -2.32. The molecule has 6 nitrogen and oxygen atoms in total. The molecule has 1 saturated heterocycles. The van der Waals surface area contributed by atoms with E-state index in [0.717, 1.165) is 105 Å². The highest BCUT2D eigenvalue weighted by Gasteiger charge is 2.31. The van der Waals surface area contributed by atoms with Crippen LogP contribution in [-0.4, -0.2) is 56.3 Å². The molecule has 210 valence electrons. The van der Waals surface area contributed by atoms with Crippen molar-refractivity contribution in [2.24, 2.45) is 5.92 Å². The number of unbranched alkanes of at least 4 members (excludes halogenated alkanes) is 1. The summed E-state index contributed by atoms with van der Waals surface area (Å²) in [4.78, 5) is 15.6. The van der Waals surface area contributed by atoms with Crippen molar-refractivity contribution in [1.29, 1.82) is 0 Å². The van der Waals surface area contributed by atoms with Crippen LogP contribution in [0.1, 0.15) is 73.6 Å². The Hall–Kier alpha value is -2.83. The number of piperidine rings is 1. The Balaban J connectivity index is 1.05. The van der Waals surface area contributed by atoms with Gasteiger partial charge in [0, 0.05) is 37.5 Å². The molecule has 5 rings (SSSR count). The molecular weight excluding hydrogens is 488 g/mol. The van der Waals surface area contributed by atoms with Crippen molar-refractivity contribution in [3.63, 3.8) is 0 Å². The first-order chi connectivity index (χ1) is 19.2. The van der Waals surface area contributed by atoms with Crippen molar-refractivity contribution < 1.29 is 18.7 Å². The lowest BCUT2D eigenvalue weighted by Crippen LogP contribution is -2.41. The van der Waals surface area contributed by atoms with Crippen LogP contribution in [0.15, 0.2) is 52.9 Å². The molecule has 2 aromatic carbocycles. The highest BCUT2D eigenvalue weighted by molar-refractivity contribution is 6.07. The quantitative estimate of drug-likeness (QED) is 0.243. The molecule has 1 aliphatic heterocycles. The van der Waals surface area contributed by atoms with Crippen molar-refractivity contribution in [2.75, 3.05) is 33.4 Å². The molecule has 0 spiro atoms. The number of aryl methyl sites for hydroxylation is 1. The predicted molar refractivity (Wildman–Crippen MR) is 156 cm³/mol. The van der Waals surface area contributed by atoms with E-state index in [-0.39, 0.29) is 12.0 Å². The van der Waals surface area contributed by atoms with Crippen LogP contribution in [0, 0.1) is 5.92 Å². The van der Waals surface area contributed by atoms with Crippen LogP contribution < -0.4 is 10.1 Å². The van der Waals surface area contributed by atoms with Gasteiger partial charge in [0.05, 0.1) is 18.8 Å². The van der Waals surface area contributed by atoms with E-state index < -0.39 is 0 Å². The fraction of sp³-hybridized carbons (Fsp3) is 0.545. The average Bonchev–Trinajstić information content (AvgIpc) is 3.75. The van der Waals surface area contributed by atoms with Gasteiger partial charge in [0.1, 0.15) is 17.1 Å². The van der Waals surface area contributed by atoms with E-state index in [1.807, 2.05) is 35.2 Å². The number of fused-ring (bicyclic) bond motifs is 1. The number of hydrogen-bond acceptors (Lipinski definition) is 5. The minimum Gasteiger partial charge on any atom is -0.497 e. The lowest BCUT2D eigenvalue weighted by molar-refractivity contribution is 0.00774. The maximum absolute atomic E-state index is 13.6. The van der Waals surface area contributed by atoms with Crippen LogP contribution in [0.5, 0.6) is 5.75 Å². The molecule has 0 radical (unpaired) electrons. The van der Waals surface area contributed by atoms with E-state index in [0.29, 0.717) is 6.04 Å². The SMILES string of the molecule is CCCCc1oc2ccccc2c1C(=O)N1CCC(OCCCNC(Cc2cccc(OC)c2)C2CC2)CC1. The van der Waals surface area contributed by atoms with Crippen LogP contribution in [0.2, 0.25) is 0 Å². The van der Waals surface area contributed by atoms with E-state index >= 15 is 0 Å². The second-order valence-corrected chi connectivity index (χ2v) is 11.2.